The molecule has 2 aromatic rings. The van der Waals surface area contributed by atoms with Gasteiger partial charge in [0.1, 0.15) is 12.1 Å². The van der Waals surface area contributed by atoms with Crippen LogP contribution in [-0.4, -0.2) is 27.5 Å². The van der Waals surface area contributed by atoms with Crippen LogP contribution in [0.3, 0.4) is 0 Å². The summed E-state index contributed by atoms with van der Waals surface area (Å²) in [7, 11) is 0. The SMILES string of the molecule is N#CCc1ccc(OCCSc2ncn[nH]2)cc1. The van der Waals surface area contributed by atoms with Crippen molar-refractivity contribution >= 4 is 11.8 Å². The lowest BCUT2D eigenvalue weighted by Gasteiger charge is -2.05. The second-order valence-electron chi connectivity index (χ2n) is 3.47. The van der Waals surface area contributed by atoms with E-state index in [0.29, 0.717) is 13.0 Å². The summed E-state index contributed by atoms with van der Waals surface area (Å²) in [5, 5.41) is 15.9. The highest BCUT2D eigenvalue weighted by Crippen LogP contribution is 2.14. The number of hydrogen-bond donors (Lipinski definition) is 1. The number of rotatable bonds is 6. The first-order valence-corrected chi connectivity index (χ1v) is 6.44. The molecule has 18 heavy (non-hydrogen) atoms. The summed E-state index contributed by atoms with van der Waals surface area (Å²) in [6.45, 7) is 0.600. The average Bonchev–Trinajstić information content (AvgIpc) is 2.90. The molecular formula is C12H12N4OS. The minimum absolute atomic E-state index is 0.432. The minimum Gasteiger partial charge on any atom is -0.493 e. The molecule has 1 aromatic carbocycles. The topological polar surface area (TPSA) is 74.6 Å². The van der Waals surface area contributed by atoms with Crippen molar-refractivity contribution in [3.05, 3.63) is 36.2 Å². The van der Waals surface area contributed by atoms with E-state index in [1.54, 1.807) is 11.8 Å². The van der Waals surface area contributed by atoms with Gasteiger partial charge in [0.15, 0.2) is 5.16 Å². The quantitative estimate of drug-likeness (QED) is 0.635. The third kappa shape index (κ3) is 3.79. The average molecular weight is 260 g/mol. The number of aromatic nitrogens is 3. The monoisotopic (exact) mass is 260 g/mol. The van der Waals surface area contributed by atoms with E-state index in [1.807, 2.05) is 24.3 Å². The van der Waals surface area contributed by atoms with Crippen molar-refractivity contribution in [2.75, 3.05) is 12.4 Å². The predicted octanol–water partition coefficient (Wildman–Crippen LogP) is 2.04. The van der Waals surface area contributed by atoms with E-state index < -0.39 is 0 Å². The van der Waals surface area contributed by atoms with Gasteiger partial charge in [-0.05, 0) is 17.7 Å². The summed E-state index contributed by atoms with van der Waals surface area (Å²) in [6.07, 6.45) is 1.92. The highest BCUT2D eigenvalue weighted by Gasteiger charge is 1.98. The predicted molar refractivity (Wildman–Crippen MR) is 68.4 cm³/mol. The van der Waals surface area contributed by atoms with E-state index in [-0.39, 0.29) is 0 Å². The summed E-state index contributed by atoms with van der Waals surface area (Å²) in [4.78, 5) is 4.00. The zero-order valence-corrected chi connectivity index (χ0v) is 10.5. The van der Waals surface area contributed by atoms with Crippen molar-refractivity contribution in [3.8, 4) is 11.8 Å². The van der Waals surface area contributed by atoms with E-state index in [2.05, 4.69) is 21.3 Å². The highest BCUT2D eigenvalue weighted by molar-refractivity contribution is 7.99. The molecule has 92 valence electrons. The van der Waals surface area contributed by atoms with Crippen LogP contribution >= 0.6 is 11.8 Å². The van der Waals surface area contributed by atoms with Crippen LogP contribution in [0.25, 0.3) is 0 Å². The van der Waals surface area contributed by atoms with Gasteiger partial charge in [0.05, 0.1) is 19.1 Å². The third-order valence-corrected chi connectivity index (χ3v) is 3.03. The van der Waals surface area contributed by atoms with Crippen molar-refractivity contribution in [2.45, 2.75) is 11.6 Å². The molecule has 0 aliphatic carbocycles. The maximum atomic E-state index is 8.55. The van der Waals surface area contributed by atoms with Gasteiger partial charge in [-0.25, -0.2) is 4.98 Å². The lowest BCUT2D eigenvalue weighted by Crippen LogP contribution is -2.00. The summed E-state index contributed by atoms with van der Waals surface area (Å²) in [6, 6.07) is 9.68. The summed E-state index contributed by atoms with van der Waals surface area (Å²) < 4.78 is 5.57. The Morgan fingerprint density at radius 1 is 1.33 bits per heavy atom. The molecule has 6 heteroatoms. The second kappa shape index (κ2) is 6.67. The molecule has 0 spiro atoms. The molecule has 5 nitrogen and oxygen atoms in total. The van der Waals surface area contributed by atoms with Crippen molar-refractivity contribution in [1.29, 1.82) is 5.26 Å². The van der Waals surface area contributed by atoms with Crippen LogP contribution in [0.5, 0.6) is 5.75 Å². The number of hydrogen-bond acceptors (Lipinski definition) is 5. The van der Waals surface area contributed by atoms with Crippen molar-refractivity contribution in [2.24, 2.45) is 0 Å². The molecular weight excluding hydrogens is 248 g/mol. The van der Waals surface area contributed by atoms with E-state index in [9.17, 15) is 0 Å². The fraction of sp³-hybridized carbons (Fsp3) is 0.250. The molecule has 1 heterocycles. The first kappa shape index (κ1) is 12.5. The Balaban J connectivity index is 1.71. The van der Waals surface area contributed by atoms with Crippen LogP contribution in [0.4, 0.5) is 0 Å². The zero-order chi connectivity index (χ0) is 12.6. The Kier molecular flexibility index (Phi) is 4.61. The molecule has 1 aromatic heterocycles. The van der Waals surface area contributed by atoms with E-state index >= 15 is 0 Å². The number of ether oxygens (including phenoxy) is 1. The fourth-order valence-electron chi connectivity index (χ4n) is 1.36. The van der Waals surface area contributed by atoms with Crippen LogP contribution < -0.4 is 4.74 Å². The van der Waals surface area contributed by atoms with Gasteiger partial charge in [-0.3, -0.25) is 5.10 Å². The fourth-order valence-corrected chi connectivity index (χ4v) is 1.96. The third-order valence-electron chi connectivity index (χ3n) is 2.19. The first-order valence-electron chi connectivity index (χ1n) is 5.45. The number of H-pyrrole nitrogens is 1. The molecule has 0 atom stereocenters. The maximum Gasteiger partial charge on any atom is 0.183 e. The number of nitrogens with zero attached hydrogens (tertiary/aromatic N) is 3. The molecule has 0 bridgehead atoms. The molecule has 2 rings (SSSR count). The van der Waals surface area contributed by atoms with Gasteiger partial charge in [0.25, 0.3) is 0 Å². The van der Waals surface area contributed by atoms with Gasteiger partial charge in [-0.2, -0.15) is 10.4 Å². The molecule has 0 aliphatic rings. The first-order chi connectivity index (χ1) is 8.88. The van der Waals surface area contributed by atoms with Crippen LogP contribution in [0, 0.1) is 11.3 Å². The lowest BCUT2D eigenvalue weighted by molar-refractivity contribution is 0.344. The Morgan fingerprint density at radius 2 is 2.17 bits per heavy atom. The number of nitrogens with one attached hydrogen (secondary N) is 1. The van der Waals surface area contributed by atoms with Crippen molar-refractivity contribution < 1.29 is 4.74 Å². The molecule has 0 radical (unpaired) electrons. The largest absolute Gasteiger partial charge is 0.493 e. The molecule has 1 N–H and O–H groups in total. The number of thioether (sulfide) groups is 1. The number of benzene rings is 1. The Hall–Kier alpha value is -2.00. The van der Waals surface area contributed by atoms with Crippen LogP contribution in [0.15, 0.2) is 35.7 Å². The molecule has 0 amide bonds. The summed E-state index contributed by atoms with van der Waals surface area (Å²) >= 11 is 1.56. The molecule has 0 aliphatic heterocycles. The smallest absolute Gasteiger partial charge is 0.183 e. The van der Waals surface area contributed by atoms with Gasteiger partial charge in [-0.1, -0.05) is 23.9 Å². The van der Waals surface area contributed by atoms with Gasteiger partial charge < -0.3 is 4.74 Å². The van der Waals surface area contributed by atoms with E-state index in [0.717, 1.165) is 22.2 Å². The van der Waals surface area contributed by atoms with Crippen LogP contribution in [0.2, 0.25) is 0 Å². The Bertz CT molecular complexity index is 504. The number of nitriles is 1. The van der Waals surface area contributed by atoms with E-state index in [1.165, 1.54) is 6.33 Å². The second-order valence-corrected chi connectivity index (χ2v) is 4.55. The standard InChI is InChI=1S/C12H12N4OS/c13-6-5-10-1-3-11(4-2-10)17-7-8-18-12-14-9-15-16-12/h1-4,9H,5,7-8H2,(H,14,15,16). The number of aromatic amines is 1. The Labute approximate surface area is 109 Å². The normalized spacial score (nSPS) is 9.94. The molecule has 0 saturated carbocycles. The molecule has 0 saturated heterocycles. The van der Waals surface area contributed by atoms with Gasteiger partial charge in [0.2, 0.25) is 0 Å². The maximum absolute atomic E-state index is 8.55. The van der Waals surface area contributed by atoms with Crippen LogP contribution in [0.1, 0.15) is 5.56 Å². The highest BCUT2D eigenvalue weighted by atomic mass is 32.2. The minimum atomic E-state index is 0.432. The van der Waals surface area contributed by atoms with Gasteiger partial charge in [-0.15, -0.1) is 0 Å². The van der Waals surface area contributed by atoms with Gasteiger partial charge >= 0.3 is 0 Å². The van der Waals surface area contributed by atoms with Crippen LogP contribution in [-0.2, 0) is 6.42 Å². The van der Waals surface area contributed by atoms with Crippen molar-refractivity contribution in [3.63, 3.8) is 0 Å². The van der Waals surface area contributed by atoms with Crippen molar-refractivity contribution in [1.82, 2.24) is 15.2 Å². The molecule has 0 unspecified atom stereocenters. The van der Waals surface area contributed by atoms with E-state index in [4.69, 9.17) is 10.00 Å². The lowest BCUT2D eigenvalue weighted by atomic mass is 10.2. The molecule has 0 fully saturated rings. The summed E-state index contributed by atoms with van der Waals surface area (Å²) in [5.41, 5.74) is 1.00. The zero-order valence-electron chi connectivity index (χ0n) is 9.67. The summed E-state index contributed by atoms with van der Waals surface area (Å²) in [5.74, 6) is 1.62. The Morgan fingerprint density at radius 3 is 2.83 bits per heavy atom. The van der Waals surface area contributed by atoms with Gasteiger partial charge in [0, 0.05) is 5.75 Å².